The molecule has 1 rings (SSSR count). The first kappa shape index (κ1) is 11.1. The predicted molar refractivity (Wildman–Crippen MR) is 46.8 cm³/mol. The van der Waals surface area contributed by atoms with Crippen molar-refractivity contribution in [1.82, 2.24) is 0 Å². The van der Waals surface area contributed by atoms with Crippen LogP contribution in [-0.2, 0) is 20.1 Å². The maximum Gasteiger partial charge on any atom is 0 e. The minimum absolute atomic E-state index is 0. The van der Waals surface area contributed by atoms with Crippen LogP contribution < -0.4 is 0 Å². The molecule has 0 saturated heterocycles. The molecule has 0 aromatic carbocycles. The van der Waals surface area contributed by atoms with Gasteiger partial charge in [-0.15, -0.1) is 6.92 Å². The van der Waals surface area contributed by atoms with Gasteiger partial charge in [-0.1, -0.05) is 33.1 Å². The van der Waals surface area contributed by atoms with E-state index in [0.29, 0.717) is 0 Å². The molecule has 0 aromatic heterocycles. The van der Waals surface area contributed by atoms with Gasteiger partial charge in [0.2, 0.25) is 0 Å². The Hall–Kier alpha value is 0.129. The quantitative estimate of drug-likeness (QED) is 0.598. The molecule has 0 N–H and O–H groups in total. The minimum Gasteiger partial charge on any atom is -1.00 e. The normalized spacial score (nSPS) is 21.4. The molecular weight excluding hydrogens is 312 g/mol. The smallest absolute Gasteiger partial charge is 0 e. The summed E-state index contributed by atoms with van der Waals surface area (Å²) < 4.78 is 0. The zero-order chi connectivity index (χ0) is 7.94. The molecular formula is C10H17Ir-3. The molecule has 0 nitrogen and oxygen atoms in total. The maximum absolute atomic E-state index is 3.44. The third kappa shape index (κ3) is 1.83. The summed E-state index contributed by atoms with van der Waals surface area (Å²) in [6.45, 7) is 10.9. The van der Waals surface area contributed by atoms with Crippen LogP contribution in [0.1, 0.15) is 37.5 Å². The van der Waals surface area contributed by atoms with E-state index >= 15 is 0 Å². The van der Waals surface area contributed by atoms with Crippen molar-refractivity contribution in [2.75, 3.05) is 0 Å². The van der Waals surface area contributed by atoms with E-state index in [0.717, 1.165) is 0 Å². The summed E-state index contributed by atoms with van der Waals surface area (Å²) in [7, 11) is 0. The Morgan fingerprint density at radius 1 is 1.18 bits per heavy atom. The summed E-state index contributed by atoms with van der Waals surface area (Å²) >= 11 is 0. The van der Waals surface area contributed by atoms with Crippen LogP contribution in [0.3, 0.4) is 0 Å². The molecule has 0 amide bonds. The monoisotopic (exact) mass is 330 g/mol. The Balaban J connectivity index is -0.000000333. The van der Waals surface area contributed by atoms with Crippen LogP contribution in [-0.4, -0.2) is 0 Å². The first-order valence-electron chi connectivity index (χ1n) is 3.75. The number of hydrogen-bond donors (Lipinski definition) is 0. The molecule has 0 aromatic rings. The predicted octanol–water partition coefficient (Wildman–Crippen LogP) is 3.33. The van der Waals surface area contributed by atoms with Crippen molar-refractivity contribution in [2.24, 2.45) is 5.41 Å². The molecule has 0 atom stereocenters. The number of hydrogen-bond acceptors (Lipinski definition) is 0. The first-order valence-corrected chi connectivity index (χ1v) is 3.75. The van der Waals surface area contributed by atoms with E-state index in [1.54, 1.807) is 0 Å². The van der Waals surface area contributed by atoms with Crippen molar-refractivity contribution in [3.05, 3.63) is 22.8 Å². The standard InChI is InChI=1S/C10H15.Ir.2H/c1-7-6-10(4,5)9(3)8(7)2;;;/h1-5H3;;;/q-1;;2*-1. The number of allylic oxidation sites excluding steroid dienone is 4. The number of rotatable bonds is 0. The van der Waals surface area contributed by atoms with Crippen LogP contribution in [0.2, 0.25) is 0 Å². The largest absolute Gasteiger partial charge is 1.00 e. The second kappa shape index (κ2) is 3.25. The molecule has 1 radical (unpaired) electrons. The van der Waals surface area contributed by atoms with Crippen LogP contribution in [0.4, 0.5) is 0 Å². The van der Waals surface area contributed by atoms with Crippen molar-refractivity contribution in [2.45, 2.75) is 34.6 Å². The average Bonchev–Trinajstić information content (AvgIpc) is 1.95. The van der Waals surface area contributed by atoms with Gasteiger partial charge in [-0.25, -0.2) is 5.57 Å². The van der Waals surface area contributed by atoms with Crippen LogP contribution in [0.25, 0.3) is 0 Å². The SMILES string of the molecule is CC1=[C-]C(C)(C)C(C)=C1C.[H-].[H-].[Ir]. The van der Waals surface area contributed by atoms with E-state index in [2.05, 4.69) is 40.7 Å². The molecule has 0 saturated carbocycles. The van der Waals surface area contributed by atoms with Crippen molar-refractivity contribution in [3.63, 3.8) is 0 Å². The van der Waals surface area contributed by atoms with Crippen molar-refractivity contribution in [3.8, 4) is 0 Å². The Morgan fingerprint density at radius 3 is 1.73 bits per heavy atom. The van der Waals surface area contributed by atoms with Crippen LogP contribution >= 0.6 is 0 Å². The summed E-state index contributed by atoms with van der Waals surface area (Å²) in [5, 5.41) is 0. The molecule has 0 unspecified atom stereocenters. The molecule has 1 heteroatoms. The fourth-order valence-electron chi connectivity index (χ4n) is 1.41. The van der Waals surface area contributed by atoms with Gasteiger partial charge >= 0.3 is 0 Å². The second-order valence-corrected chi connectivity index (χ2v) is 3.62. The minimum atomic E-state index is 0. The van der Waals surface area contributed by atoms with E-state index in [-0.39, 0.29) is 28.4 Å². The van der Waals surface area contributed by atoms with Gasteiger partial charge in [0.15, 0.2) is 0 Å². The van der Waals surface area contributed by atoms with Gasteiger partial charge in [0, 0.05) is 20.1 Å². The molecule has 0 aliphatic heterocycles. The summed E-state index contributed by atoms with van der Waals surface area (Å²) in [6, 6.07) is 0. The Bertz CT molecular complexity index is 227. The van der Waals surface area contributed by atoms with E-state index in [4.69, 9.17) is 0 Å². The van der Waals surface area contributed by atoms with Crippen LogP contribution in [0.15, 0.2) is 16.7 Å². The van der Waals surface area contributed by atoms with Crippen LogP contribution in [0.5, 0.6) is 0 Å². The topological polar surface area (TPSA) is 0 Å². The van der Waals surface area contributed by atoms with Gasteiger partial charge in [0.05, 0.1) is 0 Å². The van der Waals surface area contributed by atoms with Gasteiger partial charge in [-0.05, 0) is 0 Å². The van der Waals surface area contributed by atoms with Gasteiger partial charge in [0.1, 0.15) is 0 Å². The molecule has 0 heterocycles. The molecule has 0 fully saturated rings. The van der Waals surface area contributed by atoms with Crippen molar-refractivity contribution < 1.29 is 23.0 Å². The Morgan fingerprint density at radius 2 is 1.64 bits per heavy atom. The van der Waals surface area contributed by atoms with E-state index in [1.807, 2.05) is 0 Å². The summed E-state index contributed by atoms with van der Waals surface area (Å²) in [5.41, 5.74) is 4.39. The van der Waals surface area contributed by atoms with E-state index in [9.17, 15) is 0 Å². The zero-order valence-corrected chi connectivity index (χ0v) is 10.2. The van der Waals surface area contributed by atoms with E-state index < -0.39 is 0 Å². The third-order valence-electron chi connectivity index (χ3n) is 2.56. The second-order valence-electron chi connectivity index (χ2n) is 3.62. The Kier molecular flexibility index (Phi) is 3.28. The summed E-state index contributed by atoms with van der Waals surface area (Å²) in [4.78, 5) is 0. The maximum atomic E-state index is 3.44. The average molecular weight is 329 g/mol. The fraction of sp³-hybridized carbons (Fsp3) is 0.600. The van der Waals surface area contributed by atoms with Gasteiger partial charge in [0.25, 0.3) is 0 Å². The van der Waals surface area contributed by atoms with E-state index in [1.165, 1.54) is 16.7 Å². The van der Waals surface area contributed by atoms with Gasteiger partial charge in [-0.2, -0.15) is 11.1 Å². The zero-order valence-electron chi connectivity index (χ0n) is 9.83. The molecule has 1 aliphatic rings. The molecule has 0 spiro atoms. The molecule has 0 bridgehead atoms. The summed E-state index contributed by atoms with van der Waals surface area (Å²) in [5.74, 6) is 0. The van der Waals surface area contributed by atoms with Crippen molar-refractivity contribution >= 4 is 0 Å². The first-order chi connectivity index (χ1) is 4.45. The molecule has 11 heavy (non-hydrogen) atoms. The molecule has 1 aliphatic carbocycles. The van der Waals surface area contributed by atoms with Gasteiger partial charge in [-0.3, -0.25) is 6.08 Å². The van der Waals surface area contributed by atoms with Crippen LogP contribution in [0, 0.1) is 11.5 Å². The third-order valence-corrected chi connectivity index (χ3v) is 2.56. The van der Waals surface area contributed by atoms with Gasteiger partial charge < -0.3 is 2.85 Å². The molecule has 69 valence electrons. The van der Waals surface area contributed by atoms with Crippen molar-refractivity contribution in [1.29, 1.82) is 0 Å². The summed E-state index contributed by atoms with van der Waals surface area (Å²) in [6.07, 6.45) is 3.44. The Labute approximate surface area is 86.1 Å². The fourth-order valence-corrected chi connectivity index (χ4v) is 1.41.